The van der Waals surface area contributed by atoms with Crippen LogP contribution in [-0.4, -0.2) is 21.0 Å². The second-order valence-corrected chi connectivity index (χ2v) is 5.86. The van der Waals surface area contributed by atoms with Crippen molar-refractivity contribution in [3.05, 3.63) is 74.4 Å². The lowest BCUT2D eigenvalue weighted by Gasteiger charge is -2.03. The van der Waals surface area contributed by atoms with Crippen LogP contribution in [0, 0.1) is 10.1 Å². The Morgan fingerprint density at radius 3 is 2.64 bits per heavy atom. The number of nitrogens with zero attached hydrogens (tertiary/aromatic N) is 2. The highest BCUT2D eigenvalue weighted by Crippen LogP contribution is 2.30. The molecule has 0 saturated heterocycles. The first kappa shape index (κ1) is 16.9. The number of aromatic nitrogens is 2. The molecule has 25 heavy (non-hydrogen) atoms. The van der Waals surface area contributed by atoms with Gasteiger partial charge in [0.05, 0.1) is 15.6 Å². The van der Waals surface area contributed by atoms with Crippen LogP contribution in [0.2, 0.25) is 10.0 Å². The van der Waals surface area contributed by atoms with Crippen molar-refractivity contribution in [3.8, 4) is 11.3 Å². The standard InChI is InChI=1S/C16H10Cl2N4O3/c17-9-5-6-10(11(18)7-9)13-8-14(21-20-13)16(23)19-12-3-1-2-4-15(12)22(24)25/h1-8H,(H,19,23)(H,20,21). The van der Waals surface area contributed by atoms with Gasteiger partial charge in [0.2, 0.25) is 0 Å². The van der Waals surface area contributed by atoms with Crippen LogP contribution in [-0.2, 0) is 0 Å². The molecule has 0 aliphatic heterocycles. The van der Waals surface area contributed by atoms with Crippen molar-refractivity contribution in [2.24, 2.45) is 0 Å². The SMILES string of the molecule is O=C(Nc1ccccc1[N+](=O)[O-])c1cc(-c2ccc(Cl)cc2Cl)n[nH]1. The van der Waals surface area contributed by atoms with Gasteiger partial charge >= 0.3 is 0 Å². The largest absolute Gasteiger partial charge is 0.315 e. The molecule has 0 aliphatic carbocycles. The summed E-state index contributed by atoms with van der Waals surface area (Å²) in [6, 6.07) is 12.3. The maximum Gasteiger partial charge on any atom is 0.292 e. The number of para-hydroxylation sites is 2. The average Bonchev–Trinajstić information content (AvgIpc) is 3.05. The van der Waals surface area contributed by atoms with E-state index in [0.29, 0.717) is 21.3 Å². The number of nitro groups is 1. The van der Waals surface area contributed by atoms with Crippen molar-refractivity contribution in [2.45, 2.75) is 0 Å². The molecule has 3 aromatic rings. The zero-order valence-corrected chi connectivity index (χ0v) is 14.0. The molecule has 1 aromatic heterocycles. The molecule has 1 amide bonds. The number of hydrogen-bond donors (Lipinski definition) is 2. The van der Waals surface area contributed by atoms with Crippen LogP contribution >= 0.6 is 23.2 Å². The molecule has 7 nitrogen and oxygen atoms in total. The maximum atomic E-state index is 12.3. The zero-order chi connectivity index (χ0) is 18.0. The van der Waals surface area contributed by atoms with Gasteiger partial charge in [-0.1, -0.05) is 35.3 Å². The number of anilines is 1. The van der Waals surface area contributed by atoms with E-state index in [4.69, 9.17) is 23.2 Å². The topological polar surface area (TPSA) is 101 Å². The number of nitrogens with one attached hydrogen (secondary N) is 2. The van der Waals surface area contributed by atoms with E-state index in [-0.39, 0.29) is 17.1 Å². The maximum absolute atomic E-state index is 12.3. The molecule has 2 N–H and O–H groups in total. The quantitative estimate of drug-likeness (QED) is 0.515. The highest BCUT2D eigenvalue weighted by atomic mass is 35.5. The van der Waals surface area contributed by atoms with E-state index in [1.165, 1.54) is 24.3 Å². The van der Waals surface area contributed by atoms with Crippen molar-refractivity contribution in [1.82, 2.24) is 10.2 Å². The van der Waals surface area contributed by atoms with E-state index >= 15 is 0 Å². The molecule has 0 atom stereocenters. The minimum absolute atomic E-state index is 0.0955. The third-order valence-electron chi connectivity index (χ3n) is 3.38. The van der Waals surface area contributed by atoms with Crippen molar-refractivity contribution in [2.75, 3.05) is 5.32 Å². The summed E-state index contributed by atoms with van der Waals surface area (Å²) in [7, 11) is 0. The molecule has 0 bridgehead atoms. The van der Waals surface area contributed by atoms with Gasteiger partial charge in [-0.15, -0.1) is 0 Å². The summed E-state index contributed by atoms with van der Waals surface area (Å²) in [6.45, 7) is 0. The van der Waals surface area contributed by atoms with Gasteiger partial charge in [0, 0.05) is 16.7 Å². The van der Waals surface area contributed by atoms with E-state index in [2.05, 4.69) is 15.5 Å². The molecule has 1 heterocycles. The van der Waals surface area contributed by atoms with Crippen LogP contribution in [0.1, 0.15) is 10.5 Å². The van der Waals surface area contributed by atoms with Crippen molar-refractivity contribution in [1.29, 1.82) is 0 Å². The Morgan fingerprint density at radius 1 is 1.16 bits per heavy atom. The van der Waals surface area contributed by atoms with E-state index in [1.54, 1.807) is 24.3 Å². The fourth-order valence-electron chi connectivity index (χ4n) is 2.20. The molecule has 2 aromatic carbocycles. The fourth-order valence-corrected chi connectivity index (χ4v) is 2.71. The van der Waals surface area contributed by atoms with Crippen molar-refractivity contribution >= 4 is 40.5 Å². The van der Waals surface area contributed by atoms with Gasteiger partial charge in [-0.2, -0.15) is 5.10 Å². The Bertz CT molecular complexity index is 972. The molecule has 0 aliphatic rings. The van der Waals surface area contributed by atoms with E-state index in [1.807, 2.05) is 0 Å². The number of H-pyrrole nitrogens is 1. The molecule has 9 heteroatoms. The fraction of sp³-hybridized carbons (Fsp3) is 0. The summed E-state index contributed by atoms with van der Waals surface area (Å²) in [5, 5.41) is 21.0. The van der Waals surface area contributed by atoms with E-state index < -0.39 is 10.8 Å². The number of aromatic amines is 1. The van der Waals surface area contributed by atoms with E-state index in [0.717, 1.165) is 0 Å². The van der Waals surface area contributed by atoms with Gasteiger partial charge in [-0.05, 0) is 30.3 Å². The summed E-state index contributed by atoms with van der Waals surface area (Å²) < 4.78 is 0. The molecule has 126 valence electrons. The Morgan fingerprint density at radius 2 is 1.92 bits per heavy atom. The molecule has 0 fully saturated rings. The van der Waals surface area contributed by atoms with Crippen molar-refractivity contribution < 1.29 is 9.72 Å². The van der Waals surface area contributed by atoms with Crippen LogP contribution in [0.5, 0.6) is 0 Å². The summed E-state index contributed by atoms with van der Waals surface area (Å²) in [5.41, 5.74) is 1.09. The number of benzene rings is 2. The summed E-state index contributed by atoms with van der Waals surface area (Å²) in [6.07, 6.45) is 0. The number of halogens is 2. The monoisotopic (exact) mass is 376 g/mol. The van der Waals surface area contributed by atoms with Gasteiger partial charge in [0.1, 0.15) is 11.4 Å². The Labute approximate surface area is 151 Å². The lowest BCUT2D eigenvalue weighted by Crippen LogP contribution is -2.13. The first-order chi connectivity index (χ1) is 12.0. The molecule has 0 saturated carbocycles. The Balaban J connectivity index is 1.85. The first-order valence-corrected chi connectivity index (χ1v) is 7.77. The number of hydrogen-bond acceptors (Lipinski definition) is 4. The minimum Gasteiger partial charge on any atom is -0.315 e. The predicted molar refractivity (Wildman–Crippen MR) is 95.1 cm³/mol. The second kappa shape index (κ2) is 6.92. The van der Waals surface area contributed by atoms with Gasteiger partial charge in [-0.25, -0.2) is 0 Å². The highest BCUT2D eigenvalue weighted by molar-refractivity contribution is 6.36. The lowest BCUT2D eigenvalue weighted by molar-refractivity contribution is -0.383. The lowest BCUT2D eigenvalue weighted by atomic mass is 10.1. The van der Waals surface area contributed by atoms with Gasteiger partial charge in [-0.3, -0.25) is 20.0 Å². The molecular formula is C16H10Cl2N4O3. The van der Waals surface area contributed by atoms with Crippen molar-refractivity contribution in [3.63, 3.8) is 0 Å². The molecule has 0 unspecified atom stereocenters. The number of rotatable bonds is 4. The average molecular weight is 377 g/mol. The van der Waals surface area contributed by atoms with Crippen LogP contribution in [0.4, 0.5) is 11.4 Å². The highest BCUT2D eigenvalue weighted by Gasteiger charge is 2.18. The van der Waals surface area contributed by atoms with Gasteiger partial charge in [0.25, 0.3) is 11.6 Å². The number of nitro benzene ring substituents is 1. The van der Waals surface area contributed by atoms with Crippen LogP contribution in [0.15, 0.2) is 48.5 Å². The third-order valence-corrected chi connectivity index (χ3v) is 3.93. The molecular weight excluding hydrogens is 367 g/mol. The number of amides is 1. The van der Waals surface area contributed by atoms with Gasteiger partial charge < -0.3 is 5.32 Å². The van der Waals surface area contributed by atoms with Crippen LogP contribution < -0.4 is 5.32 Å². The first-order valence-electron chi connectivity index (χ1n) is 7.01. The Kier molecular flexibility index (Phi) is 4.69. The number of carbonyl (C=O) groups is 1. The third kappa shape index (κ3) is 3.62. The molecule has 0 radical (unpaired) electrons. The smallest absolute Gasteiger partial charge is 0.292 e. The zero-order valence-electron chi connectivity index (χ0n) is 12.5. The van der Waals surface area contributed by atoms with E-state index in [9.17, 15) is 14.9 Å². The Hall–Kier alpha value is -2.90. The van der Waals surface area contributed by atoms with Gasteiger partial charge in [0.15, 0.2) is 0 Å². The minimum atomic E-state index is -0.568. The summed E-state index contributed by atoms with van der Waals surface area (Å²) in [5.74, 6) is -0.557. The second-order valence-electron chi connectivity index (χ2n) is 5.02. The summed E-state index contributed by atoms with van der Waals surface area (Å²) in [4.78, 5) is 22.7. The molecule has 0 spiro atoms. The van der Waals surface area contributed by atoms with Crippen LogP contribution in [0.25, 0.3) is 11.3 Å². The normalized spacial score (nSPS) is 10.5. The number of carbonyl (C=O) groups excluding carboxylic acids is 1. The predicted octanol–water partition coefficient (Wildman–Crippen LogP) is 4.54. The molecule has 3 rings (SSSR count). The van der Waals surface area contributed by atoms with Crippen LogP contribution in [0.3, 0.4) is 0 Å². The summed E-state index contributed by atoms with van der Waals surface area (Å²) >= 11 is 12.0.